The number of fused-ring (bicyclic) bond motifs is 1. The van der Waals surface area contributed by atoms with E-state index in [9.17, 15) is 14.4 Å². The first kappa shape index (κ1) is 18.0. The van der Waals surface area contributed by atoms with Crippen molar-refractivity contribution in [2.45, 2.75) is 25.3 Å². The lowest BCUT2D eigenvalue weighted by Gasteiger charge is -2.21. The third kappa shape index (κ3) is 4.14. The Morgan fingerprint density at radius 1 is 1.11 bits per heavy atom. The highest BCUT2D eigenvalue weighted by molar-refractivity contribution is 6.04. The molecule has 3 amide bonds. The Kier molecular flexibility index (Phi) is 4.97. The van der Waals surface area contributed by atoms with Gasteiger partial charge in [-0.15, -0.1) is 0 Å². The maximum absolute atomic E-state index is 12.6. The molecule has 7 nitrogen and oxygen atoms in total. The highest BCUT2D eigenvalue weighted by Crippen LogP contribution is 2.30. The van der Waals surface area contributed by atoms with E-state index in [2.05, 4.69) is 10.6 Å². The molecule has 4 rings (SSSR count). The van der Waals surface area contributed by atoms with E-state index in [1.807, 2.05) is 6.07 Å². The smallest absolute Gasteiger partial charge is 0.251 e. The Bertz CT molecular complexity index is 923. The number of amides is 3. The summed E-state index contributed by atoms with van der Waals surface area (Å²) in [5.74, 6) is -0.0743. The molecule has 28 heavy (non-hydrogen) atoms. The van der Waals surface area contributed by atoms with Crippen molar-refractivity contribution in [3.8, 4) is 5.75 Å². The molecule has 0 atom stereocenters. The first-order valence-corrected chi connectivity index (χ1v) is 9.33. The average Bonchev–Trinajstić information content (AvgIpc) is 3.51. The molecule has 1 fully saturated rings. The van der Waals surface area contributed by atoms with Gasteiger partial charge in [-0.3, -0.25) is 19.3 Å². The van der Waals surface area contributed by atoms with E-state index in [1.165, 1.54) is 4.90 Å². The molecule has 1 aliphatic carbocycles. The third-order valence-electron chi connectivity index (χ3n) is 4.65. The second-order valence-corrected chi connectivity index (χ2v) is 6.92. The number of carbonyl (C=O) groups excluding carboxylic acids is 3. The Hall–Kier alpha value is -3.35. The summed E-state index contributed by atoms with van der Waals surface area (Å²) < 4.78 is 5.59. The Labute approximate surface area is 162 Å². The molecule has 0 aromatic heterocycles. The van der Waals surface area contributed by atoms with Crippen LogP contribution in [-0.4, -0.2) is 36.9 Å². The SMILES string of the molecule is O=C(CN1C(=O)CCOc2ccccc21)Nc1cccc(C(=O)NC2CC2)c1. The number of carbonyl (C=O) groups is 3. The monoisotopic (exact) mass is 379 g/mol. The van der Waals surface area contributed by atoms with Crippen LogP contribution in [0, 0.1) is 0 Å². The molecule has 7 heteroatoms. The molecule has 2 aromatic rings. The van der Waals surface area contributed by atoms with Crippen LogP contribution < -0.4 is 20.3 Å². The average molecular weight is 379 g/mol. The molecule has 1 heterocycles. The predicted octanol–water partition coefficient (Wildman–Crippen LogP) is 2.33. The van der Waals surface area contributed by atoms with Crippen LogP contribution in [0.3, 0.4) is 0 Å². The number of anilines is 2. The van der Waals surface area contributed by atoms with Crippen LogP contribution in [0.5, 0.6) is 5.75 Å². The number of para-hydroxylation sites is 2. The predicted molar refractivity (Wildman–Crippen MR) is 104 cm³/mol. The molecule has 0 spiro atoms. The number of hydrogen-bond acceptors (Lipinski definition) is 4. The first-order chi connectivity index (χ1) is 13.6. The van der Waals surface area contributed by atoms with Crippen LogP contribution in [0.1, 0.15) is 29.6 Å². The van der Waals surface area contributed by atoms with Crippen LogP contribution in [0.25, 0.3) is 0 Å². The Balaban J connectivity index is 1.45. The zero-order valence-corrected chi connectivity index (χ0v) is 15.3. The quantitative estimate of drug-likeness (QED) is 0.835. The topological polar surface area (TPSA) is 87.7 Å². The Morgan fingerprint density at radius 2 is 1.93 bits per heavy atom. The largest absolute Gasteiger partial charge is 0.491 e. The van der Waals surface area contributed by atoms with Crippen molar-refractivity contribution >= 4 is 29.1 Å². The summed E-state index contributed by atoms with van der Waals surface area (Å²) >= 11 is 0. The number of nitrogens with one attached hydrogen (secondary N) is 2. The maximum atomic E-state index is 12.6. The lowest BCUT2D eigenvalue weighted by Crippen LogP contribution is -2.37. The molecule has 2 aliphatic rings. The minimum atomic E-state index is -0.343. The number of benzene rings is 2. The molecule has 0 bridgehead atoms. The molecule has 0 unspecified atom stereocenters. The van der Waals surface area contributed by atoms with E-state index in [-0.39, 0.29) is 43.3 Å². The van der Waals surface area contributed by atoms with Crippen molar-refractivity contribution in [2.75, 3.05) is 23.4 Å². The molecule has 0 radical (unpaired) electrons. The fourth-order valence-corrected chi connectivity index (χ4v) is 3.07. The zero-order chi connectivity index (χ0) is 19.5. The van der Waals surface area contributed by atoms with Crippen LogP contribution in [0.4, 0.5) is 11.4 Å². The van der Waals surface area contributed by atoms with Gasteiger partial charge < -0.3 is 15.4 Å². The highest BCUT2D eigenvalue weighted by Gasteiger charge is 2.26. The van der Waals surface area contributed by atoms with Gasteiger partial charge in [-0.05, 0) is 43.2 Å². The number of hydrogen-bond donors (Lipinski definition) is 2. The lowest BCUT2D eigenvalue weighted by atomic mass is 10.2. The third-order valence-corrected chi connectivity index (χ3v) is 4.65. The van der Waals surface area contributed by atoms with E-state index in [0.29, 0.717) is 22.7 Å². The molecule has 2 N–H and O–H groups in total. The van der Waals surface area contributed by atoms with E-state index >= 15 is 0 Å². The molecule has 1 saturated carbocycles. The van der Waals surface area contributed by atoms with Gasteiger partial charge in [-0.25, -0.2) is 0 Å². The number of ether oxygens (including phenoxy) is 1. The minimum absolute atomic E-state index is 0.127. The van der Waals surface area contributed by atoms with Gasteiger partial charge in [0.2, 0.25) is 11.8 Å². The first-order valence-electron chi connectivity index (χ1n) is 9.33. The molecule has 144 valence electrons. The molecule has 1 aliphatic heterocycles. The van der Waals surface area contributed by atoms with E-state index in [4.69, 9.17) is 4.74 Å². The van der Waals surface area contributed by atoms with Crippen molar-refractivity contribution in [3.63, 3.8) is 0 Å². The van der Waals surface area contributed by atoms with Gasteiger partial charge in [0, 0.05) is 17.3 Å². The van der Waals surface area contributed by atoms with Crippen molar-refractivity contribution in [2.24, 2.45) is 0 Å². The van der Waals surface area contributed by atoms with Gasteiger partial charge >= 0.3 is 0 Å². The second kappa shape index (κ2) is 7.72. The van der Waals surface area contributed by atoms with Crippen LogP contribution in [0.2, 0.25) is 0 Å². The summed E-state index contributed by atoms with van der Waals surface area (Å²) in [7, 11) is 0. The molecular formula is C21H21N3O4. The van der Waals surface area contributed by atoms with E-state index in [1.54, 1.807) is 42.5 Å². The lowest BCUT2D eigenvalue weighted by molar-refractivity contribution is -0.121. The maximum Gasteiger partial charge on any atom is 0.251 e. The normalized spacial score (nSPS) is 15.9. The van der Waals surface area contributed by atoms with E-state index < -0.39 is 0 Å². The Morgan fingerprint density at radius 3 is 2.75 bits per heavy atom. The zero-order valence-electron chi connectivity index (χ0n) is 15.3. The van der Waals surface area contributed by atoms with Gasteiger partial charge in [0.25, 0.3) is 5.91 Å². The van der Waals surface area contributed by atoms with Crippen LogP contribution in [-0.2, 0) is 9.59 Å². The summed E-state index contributed by atoms with van der Waals surface area (Å²) in [5.41, 5.74) is 1.59. The van der Waals surface area contributed by atoms with Crippen molar-refractivity contribution in [1.82, 2.24) is 5.32 Å². The van der Waals surface area contributed by atoms with Crippen molar-refractivity contribution in [1.29, 1.82) is 0 Å². The summed E-state index contributed by atoms with van der Waals surface area (Å²) in [5, 5.41) is 5.69. The van der Waals surface area contributed by atoms with Gasteiger partial charge in [0.15, 0.2) is 0 Å². The summed E-state index contributed by atoms with van der Waals surface area (Å²) in [6.07, 6.45) is 2.23. The van der Waals surface area contributed by atoms with Crippen molar-refractivity contribution in [3.05, 3.63) is 54.1 Å². The van der Waals surface area contributed by atoms with Gasteiger partial charge in [0.05, 0.1) is 18.7 Å². The second-order valence-electron chi connectivity index (χ2n) is 6.92. The van der Waals surface area contributed by atoms with E-state index in [0.717, 1.165) is 12.8 Å². The minimum Gasteiger partial charge on any atom is -0.491 e. The highest BCUT2D eigenvalue weighted by atomic mass is 16.5. The summed E-state index contributed by atoms with van der Waals surface area (Å²) in [4.78, 5) is 38.6. The number of rotatable bonds is 5. The van der Waals surface area contributed by atoms with Crippen LogP contribution in [0.15, 0.2) is 48.5 Å². The summed E-state index contributed by atoms with van der Waals surface area (Å²) in [6.45, 7) is 0.157. The van der Waals surface area contributed by atoms with Gasteiger partial charge in [-0.2, -0.15) is 0 Å². The summed E-state index contributed by atoms with van der Waals surface area (Å²) in [6, 6.07) is 14.2. The van der Waals surface area contributed by atoms with Crippen molar-refractivity contribution < 1.29 is 19.1 Å². The fourth-order valence-electron chi connectivity index (χ4n) is 3.07. The van der Waals surface area contributed by atoms with Gasteiger partial charge in [0.1, 0.15) is 12.3 Å². The molecule has 0 saturated heterocycles. The standard InChI is InChI=1S/C21H21N3O4/c25-19(13-24-17-6-1-2-7-18(17)28-11-10-20(24)26)22-16-5-3-4-14(12-16)21(27)23-15-8-9-15/h1-7,12,15H,8-11,13H2,(H,22,25)(H,23,27). The fraction of sp³-hybridized carbons (Fsp3) is 0.286. The molecule has 2 aromatic carbocycles. The molecular weight excluding hydrogens is 358 g/mol. The number of nitrogens with zero attached hydrogens (tertiary/aromatic N) is 1. The van der Waals surface area contributed by atoms with Crippen LogP contribution >= 0.6 is 0 Å². The van der Waals surface area contributed by atoms with Gasteiger partial charge in [-0.1, -0.05) is 18.2 Å².